The predicted molar refractivity (Wildman–Crippen MR) is 321 cm³/mol. The molecule has 0 bridgehead atoms. The second-order valence-electron chi connectivity index (χ2n) is 19.9. The third-order valence-electron chi connectivity index (χ3n) is 15.7. The Morgan fingerprint density at radius 3 is 1.40 bits per heavy atom. The number of hydrogen-bond acceptors (Lipinski definition) is 4. The van der Waals surface area contributed by atoms with Gasteiger partial charge in [0.05, 0.1) is 22.2 Å². The molecule has 15 rings (SSSR count). The van der Waals surface area contributed by atoms with Crippen LogP contribution in [0.5, 0.6) is 0 Å². The Bertz CT molecular complexity index is 4220. The van der Waals surface area contributed by atoms with Crippen LogP contribution in [0.3, 0.4) is 0 Å². The summed E-state index contributed by atoms with van der Waals surface area (Å²) in [5.41, 5.74) is 22.1. The van der Waals surface area contributed by atoms with Crippen LogP contribution < -0.4 is 9.80 Å². The minimum Gasteiger partial charge on any atom is -0.455 e. The lowest BCUT2D eigenvalue weighted by atomic mass is 9.67. The van der Waals surface area contributed by atoms with E-state index in [1.54, 1.807) is 0 Å². The first-order valence-electron chi connectivity index (χ1n) is 26.3. The zero-order valence-corrected chi connectivity index (χ0v) is 42.7. The van der Waals surface area contributed by atoms with E-state index in [4.69, 9.17) is 4.42 Å². The van der Waals surface area contributed by atoms with Crippen molar-refractivity contribution in [1.82, 2.24) is 0 Å². The average Bonchev–Trinajstić information content (AvgIpc) is 4.06. The van der Waals surface area contributed by atoms with Gasteiger partial charge >= 0.3 is 0 Å². The van der Waals surface area contributed by atoms with Crippen LogP contribution in [-0.4, -0.2) is 0 Å². The molecule has 2 heterocycles. The molecule has 0 saturated heterocycles. The average molecular weight is 1000 g/mol. The van der Waals surface area contributed by atoms with E-state index in [0.29, 0.717) is 0 Å². The van der Waals surface area contributed by atoms with Crippen LogP contribution in [0.25, 0.3) is 66.4 Å². The molecule has 0 atom stereocenters. The van der Waals surface area contributed by atoms with Crippen LogP contribution >= 0.6 is 11.8 Å². The SMILES string of the molecule is c1ccc(-c2ccc(N(c3ccc(-c4ccccc4)cc3)c3ccc4oc5c(-c6ccccc6)ccc(N(c6ccccc6)c6cccc7c6Sc6ccccc6C76c7ccccc7-c7ccccc76)c5c4c3)cc2)cc1. The molecule has 2 aliphatic rings. The van der Waals surface area contributed by atoms with E-state index in [-0.39, 0.29) is 0 Å². The molecule has 1 spiro atoms. The quantitative estimate of drug-likeness (QED) is 0.143. The first-order chi connectivity index (χ1) is 38.2. The van der Waals surface area contributed by atoms with E-state index in [1.165, 1.54) is 65.4 Å². The number of rotatable bonds is 9. The zero-order valence-electron chi connectivity index (χ0n) is 41.9. The van der Waals surface area contributed by atoms with Gasteiger partial charge in [0.15, 0.2) is 0 Å². The van der Waals surface area contributed by atoms with E-state index in [2.05, 4.69) is 301 Å². The maximum atomic E-state index is 7.24. The zero-order chi connectivity index (χ0) is 50.9. The Kier molecular flexibility index (Phi) is 10.7. The van der Waals surface area contributed by atoms with Crippen molar-refractivity contribution in [2.75, 3.05) is 9.80 Å². The standard InChI is InChI=1S/C73H48N2OS/c1-5-20-49(21-6-1)51-36-40-55(41-37-51)74(56-42-38-52(39-43-56)50-22-7-2-8-23-50)57-44-47-68-61(48-57)70-66(46-45-58(71(70)76-68)53-24-9-3-10-25-53)75(54-26-11-4-12-27-54)67-34-19-33-65-72(67)77-69-35-18-17-32-64(69)73(65)62-30-15-13-28-59(62)60-29-14-16-31-63(60)73/h1-48H. The number of nitrogens with zero attached hydrogens (tertiary/aromatic N) is 2. The number of anilines is 6. The van der Waals surface area contributed by atoms with E-state index in [1.807, 2.05) is 11.8 Å². The van der Waals surface area contributed by atoms with Gasteiger partial charge in [0, 0.05) is 43.5 Å². The number of furan rings is 1. The number of fused-ring (bicyclic) bond motifs is 12. The maximum Gasteiger partial charge on any atom is 0.145 e. The Balaban J connectivity index is 0.976. The van der Waals surface area contributed by atoms with Gasteiger partial charge < -0.3 is 14.2 Å². The van der Waals surface area contributed by atoms with Gasteiger partial charge in [-0.15, -0.1) is 0 Å². The molecule has 0 N–H and O–H groups in total. The number of para-hydroxylation sites is 1. The lowest BCUT2D eigenvalue weighted by molar-refractivity contribution is 0.670. The third-order valence-corrected chi connectivity index (χ3v) is 16.9. The van der Waals surface area contributed by atoms with Crippen molar-refractivity contribution >= 4 is 67.8 Å². The maximum absolute atomic E-state index is 7.24. The Labute approximate surface area is 452 Å². The molecule has 1 aromatic heterocycles. The molecule has 77 heavy (non-hydrogen) atoms. The summed E-state index contributed by atoms with van der Waals surface area (Å²) in [6.07, 6.45) is 0. The van der Waals surface area contributed by atoms with E-state index in [0.717, 1.165) is 67.2 Å². The Morgan fingerprint density at radius 1 is 0.312 bits per heavy atom. The largest absolute Gasteiger partial charge is 0.455 e. The molecular formula is C73H48N2OS. The summed E-state index contributed by atoms with van der Waals surface area (Å²) in [6, 6.07) is 106. The molecule has 0 fully saturated rings. The van der Waals surface area contributed by atoms with Crippen molar-refractivity contribution in [2.45, 2.75) is 15.2 Å². The lowest BCUT2D eigenvalue weighted by Crippen LogP contribution is -2.32. The van der Waals surface area contributed by atoms with Crippen molar-refractivity contribution in [3.8, 4) is 44.5 Å². The highest BCUT2D eigenvalue weighted by atomic mass is 32.2. The van der Waals surface area contributed by atoms with Gasteiger partial charge in [-0.05, 0) is 140 Å². The van der Waals surface area contributed by atoms with Crippen LogP contribution in [0.15, 0.2) is 305 Å². The second-order valence-corrected chi connectivity index (χ2v) is 21.0. The highest BCUT2D eigenvalue weighted by Gasteiger charge is 2.50. The molecule has 1 aliphatic carbocycles. The van der Waals surface area contributed by atoms with Crippen LogP contribution in [-0.2, 0) is 5.41 Å². The summed E-state index contributed by atoms with van der Waals surface area (Å²) in [7, 11) is 0. The first-order valence-corrected chi connectivity index (χ1v) is 27.1. The Hall–Kier alpha value is -9.61. The van der Waals surface area contributed by atoms with Crippen LogP contribution in [0.1, 0.15) is 22.3 Å². The summed E-state index contributed by atoms with van der Waals surface area (Å²) in [5.74, 6) is 0. The van der Waals surface area contributed by atoms with Gasteiger partial charge in [-0.1, -0.05) is 224 Å². The topological polar surface area (TPSA) is 19.6 Å². The molecule has 1 aliphatic heterocycles. The molecule has 0 radical (unpaired) electrons. The molecule has 3 nitrogen and oxygen atoms in total. The van der Waals surface area contributed by atoms with Crippen molar-refractivity contribution in [2.24, 2.45) is 0 Å². The first kappa shape index (κ1) is 44.8. The van der Waals surface area contributed by atoms with Gasteiger partial charge in [0.25, 0.3) is 0 Å². The number of benzene rings is 12. The molecule has 362 valence electrons. The van der Waals surface area contributed by atoms with Crippen molar-refractivity contribution in [3.63, 3.8) is 0 Å². The van der Waals surface area contributed by atoms with Crippen LogP contribution in [0.4, 0.5) is 34.1 Å². The molecule has 0 amide bonds. The predicted octanol–water partition coefficient (Wildman–Crippen LogP) is 20.4. The normalized spacial score (nSPS) is 12.7. The molecule has 13 aromatic rings. The molecule has 12 aromatic carbocycles. The smallest absolute Gasteiger partial charge is 0.145 e. The summed E-state index contributed by atoms with van der Waals surface area (Å²) >= 11 is 1.88. The van der Waals surface area contributed by atoms with Gasteiger partial charge in [0.1, 0.15) is 11.2 Å². The summed E-state index contributed by atoms with van der Waals surface area (Å²) in [5, 5.41) is 2.06. The van der Waals surface area contributed by atoms with Gasteiger partial charge in [-0.25, -0.2) is 0 Å². The lowest BCUT2D eigenvalue weighted by Gasteiger charge is -2.41. The highest BCUT2D eigenvalue weighted by Crippen LogP contribution is 2.64. The summed E-state index contributed by atoms with van der Waals surface area (Å²) in [4.78, 5) is 7.33. The molecule has 4 heteroatoms. The minimum atomic E-state index is -0.533. The van der Waals surface area contributed by atoms with Gasteiger partial charge in [-0.2, -0.15) is 0 Å². The van der Waals surface area contributed by atoms with Crippen molar-refractivity contribution in [3.05, 3.63) is 313 Å². The van der Waals surface area contributed by atoms with E-state index >= 15 is 0 Å². The molecule has 0 unspecified atom stereocenters. The van der Waals surface area contributed by atoms with Crippen LogP contribution in [0.2, 0.25) is 0 Å². The third kappa shape index (κ3) is 7.21. The summed E-state index contributed by atoms with van der Waals surface area (Å²) in [6.45, 7) is 0. The monoisotopic (exact) mass is 1000 g/mol. The second kappa shape index (κ2) is 18.3. The number of hydrogen-bond donors (Lipinski definition) is 0. The van der Waals surface area contributed by atoms with E-state index in [9.17, 15) is 0 Å². The Morgan fingerprint density at radius 2 is 0.792 bits per heavy atom. The van der Waals surface area contributed by atoms with E-state index < -0.39 is 5.41 Å². The highest BCUT2D eigenvalue weighted by molar-refractivity contribution is 7.99. The molecule has 0 saturated carbocycles. The van der Waals surface area contributed by atoms with Gasteiger partial charge in [-0.3, -0.25) is 0 Å². The van der Waals surface area contributed by atoms with Crippen molar-refractivity contribution < 1.29 is 4.42 Å². The van der Waals surface area contributed by atoms with Gasteiger partial charge in [0.2, 0.25) is 0 Å². The fraction of sp³-hybridized carbons (Fsp3) is 0.0137. The molecular weight excluding hydrogens is 953 g/mol. The fourth-order valence-electron chi connectivity index (χ4n) is 12.4. The summed E-state index contributed by atoms with van der Waals surface area (Å²) < 4.78 is 7.24. The van der Waals surface area contributed by atoms with Crippen LogP contribution in [0, 0.1) is 0 Å². The fourth-order valence-corrected chi connectivity index (χ4v) is 13.7. The minimum absolute atomic E-state index is 0.533. The van der Waals surface area contributed by atoms with Crippen molar-refractivity contribution in [1.29, 1.82) is 0 Å².